The minimum absolute atomic E-state index is 0.253. The molecule has 3 N–H and O–H groups in total. The highest BCUT2D eigenvalue weighted by atomic mass is 32.2. The molecule has 0 spiro atoms. The normalized spacial score (nSPS) is 14.0. The van der Waals surface area contributed by atoms with Crippen molar-refractivity contribution in [2.45, 2.75) is 52.6 Å². The van der Waals surface area contributed by atoms with Crippen molar-refractivity contribution in [3.05, 3.63) is 29.8 Å². The largest absolute Gasteiger partial charge is 0.310 e. The van der Waals surface area contributed by atoms with Gasteiger partial charge in [-0.25, -0.2) is 0 Å². The van der Waals surface area contributed by atoms with Gasteiger partial charge in [-0.1, -0.05) is 19.1 Å². The fourth-order valence-electron chi connectivity index (χ4n) is 1.90. The maximum Gasteiger partial charge on any atom is 0.299 e. The Morgan fingerprint density at radius 3 is 2.19 bits per heavy atom. The second kappa shape index (κ2) is 7.24. The smallest absolute Gasteiger partial charge is 0.299 e. The number of anilines is 1. The third-order valence-corrected chi connectivity index (χ3v) is 4.19. The van der Waals surface area contributed by atoms with Crippen LogP contribution in [0.2, 0.25) is 0 Å². The zero-order chi connectivity index (χ0) is 16.1. The van der Waals surface area contributed by atoms with Gasteiger partial charge in [0, 0.05) is 17.3 Å². The summed E-state index contributed by atoms with van der Waals surface area (Å²) >= 11 is 0. The minimum atomic E-state index is -3.56. The van der Waals surface area contributed by atoms with Gasteiger partial charge >= 0.3 is 0 Å². The molecule has 6 heteroatoms. The van der Waals surface area contributed by atoms with E-state index in [9.17, 15) is 8.42 Å². The molecule has 5 nitrogen and oxygen atoms in total. The standard InChI is InChI=1S/C15H27N3O2S/c1-6-11-16-12(2)13-7-9-14(10-8-13)17-21(19,20)18-15(3,4)5/h7-10,12,16-18H,6,11H2,1-5H3. The second-order valence-corrected chi connectivity index (χ2v) is 7.67. The molecule has 1 aromatic carbocycles. The molecule has 0 aliphatic carbocycles. The molecule has 1 atom stereocenters. The topological polar surface area (TPSA) is 70.2 Å². The van der Waals surface area contributed by atoms with Crippen LogP contribution in [0.15, 0.2) is 24.3 Å². The van der Waals surface area contributed by atoms with Crippen LogP contribution in [0.4, 0.5) is 5.69 Å². The highest BCUT2D eigenvalue weighted by molar-refractivity contribution is 7.90. The van der Waals surface area contributed by atoms with Crippen LogP contribution >= 0.6 is 0 Å². The summed E-state index contributed by atoms with van der Waals surface area (Å²) in [5, 5.41) is 3.40. The Kier molecular flexibility index (Phi) is 6.19. The molecule has 0 bridgehead atoms. The number of hydrogen-bond donors (Lipinski definition) is 3. The molecule has 0 fully saturated rings. The molecule has 0 aliphatic heterocycles. The Hall–Kier alpha value is -1.11. The molecule has 0 saturated carbocycles. The van der Waals surface area contributed by atoms with E-state index in [1.807, 2.05) is 12.1 Å². The zero-order valence-electron chi connectivity index (χ0n) is 13.5. The first-order chi connectivity index (χ1) is 9.63. The molecule has 0 aliphatic rings. The number of hydrogen-bond acceptors (Lipinski definition) is 3. The number of nitrogens with one attached hydrogen (secondary N) is 3. The molecule has 1 unspecified atom stereocenters. The second-order valence-electron chi connectivity index (χ2n) is 6.26. The lowest BCUT2D eigenvalue weighted by Gasteiger charge is -2.21. The van der Waals surface area contributed by atoms with Gasteiger partial charge < -0.3 is 5.32 Å². The van der Waals surface area contributed by atoms with Crippen LogP contribution < -0.4 is 14.8 Å². The van der Waals surface area contributed by atoms with Crippen LogP contribution in [-0.4, -0.2) is 20.5 Å². The Balaban J connectivity index is 2.70. The van der Waals surface area contributed by atoms with Crippen LogP contribution in [0.25, 0.3) is 0 Å². The molecule has 1 aromatic rings. The fourth-order valence-corrected chi connectivity index (χ4v) is 3.21. The van der Waals surface area contributed by atoms with Gasteiger partial charge in [0.05, 0.1) is 0 Å². The lowest BCUT2D eigenvalue weighted by atomic mass is 10.1. The third kappa shape index (κ3) is 6.93. The van der Waals surface area contributed by atoms with Gasteiger partial charge in [0.15, 0.2) is 0 Å². The summed E-state index contributed by atoms with van der Waals surface area (Å²) in [6.45, 7) is 10.6. The highest BCUT2D eigenvalue weighted by Gasteiger charge is 2.19. The summed E-state index contributed by atoms with van der Waals surface area (Å²) in [6.07, 6.45) is 1.08. The van der Waals surface area contributed by atoms with Crippen LogP contribution in [0.1, 0.15) is 52.6 Å². The van der Waals surface area contributed by atoms with Crippen molar-refractivity contribution >= 4 is 15.9 Å². The molecule has 120 valence electrons. The van der Waals surface area contributed by atoms with Crippen LogP contribution in [-0.2, 0) is 10.2 Å². The van der Waals surface area contributed by atoms with Gasteiger partial charge in [-0.05, 0) is 58.4 Å². The Morgan fingerprint density at radius 1 is 1.14 bits per heavy atom. The van der Waals surface area contributed by atoms with Gasteiger partial charge in [0.2, 0.25) is 0 Å². The van der Waals surface area contributed by atoms with Crippen LogP contribution in [0.3, 0.4) is 0 Å². The predicted molar refractivity (Wildman–Crippen MR) is 88.6 cm³/mol. The molecular weight excluding hydrogens is 286 g/mol. The van der Waals surface area contributed by atoms with Crippen molar-refractivity contribution in [3.8, 4) is 0 Å². The van der Waals surface area contributed by atoms with E-state index in [0.717, 1.165) is 18.5 Å². The van der Waals surface area contributed by atoms with Gasteiger partial charge in [-0.2, -0.15) is 13.1 Å². The van der Waals surface area contributed by atoms with E-state index in [1.54, 1.807) is 32.9 Å². The van der Waals surface area contributed by atoms with E-state index in [1.165, 1.54) is 0 Å². The molecule has 0 radical (unpaired) electrons. The SMILES string of the molecule is CCCNC(C)c1ccc(NS(=O)(=O)NC(C)(C)C)cc1. The van der Waals surface area contributed by atoms with Crippen molar-refractivity contribution in [3.63, 3.8) is 0 Å². The number of benzene rings is 1. The van der Waals surface area contributed by atoms with Crippen LogP contribution in [0.5, 0.6) is 0 Å². The van der Waals surface area contributed by atoms with E-state index in [-0.39, 0.29) is 6.04 Å². The van der Waals surface area contributed by atoms with E-state index >= 15 is 0 Å². The third-order valence-electron chi connectivity index (χ3n) is 2.80. The van der Waals surface area contributed by atoms with E-state index in [4.69, 9.17) is 0 Å². The molecule has 1 rings (SSSR count). The zero-order valence-corrected chi connectivity index (χ0v) is 14.3. The molecule has 0 aromatic heterocycles. The first kappa shape index (κ1) is 17.9. The fraction of sp³-hybridized carbons (Fsp3) is 0.600. The first-order valence-corrected chi connectivity index (χ1v) is 8.76. The van der Waals surface area contributed by atoms with Crippen molar-refractivity contribution in [2.75, 3.05) is 11.3 Å². The van der Waals surface area contributed by atoms with Gasteiger partial charge in [0.1, 0.15) is 0 Å². The first-order valence-electron chi connectivity index (χ1n) is 7.28. The number of rotatable bonds is 7. The lowest BCUT2D eigenvalue weighted by Crippen LogP contribution is -2.43. The summed E-state index contributed by atoms with van der Waals surface area (Å²) in [5.74, 6) is 0. The average Bonchev–Trinajstić information content (AvgIpc) is 2.33. The van der Waals surface area contributed by atoms with E-state index in [2.05, 4.69) is 28.6 Å². The van der Waals surface area contributed by atoms with Gasteiger partial charge in [0.25, 0.3) is 10.2 Å². The summed E-state index contributed by atoms with van der Waals surface area (Å²) in [5.41, 5.74) is 1.18. The van der Waals surface area contributed by atoms with Crippen molar-refractivity contribution in [1.82, 2.24) is 10.0 Å². The Bertz CT molecular complexity index is 533. The minimum Gasteiger partial charge on any atom is -0.310 e. The summed E-state index contributed by atoms with van der Waals surface area (Å²) in [4.78, 5) is 0. The monoisotopic (exact) mass is 313 g/mol. The van der Waals surface area contributed by atoms with Gasteiger partial charge in [-0.3, -0.25) is 4.72 Å². The Labute approximate surface area is 128 Å². The van der Waals surface area contributed by atoms with Crippen molar-refractivity contribution in [1.29, 1.82) is 0 Å². The van der Waals surface area contributed by atoms with E-state index in [0.29, 0.717) is 5.69 Å². The summed E-state index contributed by atoms with van der Waals surface area (Å²) in [6, 6.07) is 7.68. The molecule has 0 amide bonds. The molecular formula is C15H27N3O2S. The lowest BCUT2D eigenvalue weighted by molar-refractivity contribution is 0.494. The maximum atomic E-state index is 11.9. The molecule has 0 saturated heterocycles. The van der Waals surface area contributed by atoms with Gasteiger partial charge in [-0.15, -0.1) is 0 Å². The molecule has 21 heavy (non-hydrogen) atoms. The Morgan fingerprint density at radius 2 is 1.71 bits per heavy atom. The predicted octanol–water partition coefficient (Wildman–Crippen LogP) is 2.79. The van der Waals surface area contributed by atoms with Crippen molar-refractivity contribution in [2.24, 2.45) is 0 Å². The van der Waals surface area contributed by atoms with Crippen molar-refractivity contribution < 1.29 is 8.42 Å². The molecule has 0 heterocycles. The maximum absolute atomic E-state index is 11.9. The summed E-state index contributed by atoms with van der Waals surface area (Å²) in [7, 11) is -3.56. The quantitative estimate of drug-likeness (QED) is 0.725. The van der Waals surface area contributed by atoms with Crippen LogP contribution in [0, 0.1) is 0 Å². The van der Waals surface area contributed by atoms with E-state index < -0.39 is 15.7 Å². The average molecular weight is 313 g/mol. The highest BCUT2D eigenvalue weighted by Crippen LogP contribution is 2.17. The summed E-state index contributed by atoms with van der Waals surface area (Å²) < 4.78 is 29.0.